The fourth-order valence-corrected chi connectivity index (χ4v) is 1.24. The van der Waals surface area contributed by atoms with E-state index >= 15 is 0 Å². The topological polar surface area (TPSA) is 50.1 Å². The van der Waals surface area contributed by atoms with Crippen LogP contribution in [0.1, 0.15) is 25.0 Å². The lowest BCUT2D eigenvalue weighted by molar-refractivity contribution is -0.142. The summed E-state index contributed by atoms with van der Waals surface area (Å²) in [5, 5.41) is 8.91. The van der Waals surface area contributed by atoms with Crippen molar-refractivity contribution in [2.24, 2.45) is 0 Å². The first-order valence-corrected chi connectivity index (χ1v) is 5.42. The van der Waals surface area contributed by atoms with Crippen molar-refractivity contribution in [3.8, 4) is 6.07 Å². The van der Waals surface area contributed by atoms with Crippen LogP contribution in [-0.2, 0) is 9.53 Å². The van der Waals surface area contributed by atoms with E-state index in [1.54, 1.807) is 13.8 Å². The van der Waals surface area contributed by atoms with E-state index in [-0.39, 0.29) is 11.7 Å². The van der Waals surface area contributed by atoms with E-state index < -0.39 is 5.97 Å². The highest BCUT2D eigenvalue weighted by molar-refractivity contribution is 5.97. The summed E-state index contributed by atoms with van der Waals surface area (Å²) >= 11 is 0. The van der Waals surface area contributed by atoms with Crippen molar-refractivity contribution in [1.82, 2.24) is 0 Å². The molecule has 88 valence electrons. The van der Waals surface area contributed by atoms with Gasteiger partial charge in [-0.2, -0.15) is 5.26 Å². The minimum atomic E-state index is -0.580. The van der Waals surface area contributed by atoms with Crippen molar-refractivity contribution in [2.75, 3.05) is 0 Å². The van der Waals surface area contributed by atoms with Gasteiger partial charge in [-0.3, -0.25) is 0 Å². The van der Waals surface area contributed by atoms with Gasteiger partial charge in [-0.1, -0.05) is 29.8 Å². The molecule has 17 heavy (non-hydrogen) atoms. The number of aryl methyl sites for hydroxylation is 1. The monoisotopic (exact) mass is 229 g/mol. The molecular weight excluding hydrogens is 214 g/mol. The minimum Gasteiger partial charge on any atom is -0.459 e. The van der Waals surface area contributed by atoms with Crippen molar-refractivity contribution >= 4 is 12.0 Å². The third-order valence-corrected chi connectivity index (χ3v) is 2.07. The van der Waals surface area contributed by atoms with Gasteiger partial charge in [-0.15, -0.1) is 0 Å². The number of carbonyl (C=O) groups excluding carboxylic acids is 1. The normalized spacial score (nSPS) is 11.1. The number of hydrogen-bond acceptors (Lipinski definition) is 3. The third kappa shape index (κ3) is 4.12. The first-order valence-electron chi connectivity index (χ1n) is 5.42. The van der Waals surface area contributed by atoms with Crippen molar-refractivity contribution in [3.63, 3.8) is 0 Å². The number of benzene rings is 1. The highest BCUT2D eigenvalue weighted by Crippen LogP contribution is 2.10. The average molecular weight is 229 g/mol. The molecule has 0 aromatic heterocycles. The summed E-state index contributed by atoms with van der Waals surface area (Å²) in [6, 6.07) is 9.42. The van der Waals surface area contributed by atoms with Crippen molar-refractivity contribution < 1.29 is 9.53 Å². The van der Waals surface area contributed by atoms with Crippen LogP contribution >= 0.6 is 0 Å². The maximum atomic E-state index is 11.5. The molecule has 1 rings (SSSR count). The molecule has 0 unspecified atom stereocenters. The number of nitriles is 1. The Bertz CT molecular complexity index is 464. The number of hydrogen-bond donors (Lipinski definition) is 0. The van der Waals surface area contributed by atoms with Crippen LogP contribution in [0.25, 0.3) is 6.08 Å². The van der Waals surface area contributed by atoms with Crippen LogP contribution < -0.4 is 0 Å². The molecule has 0 N–H and O–H groups in total. The van der Waals surface area contributed by atoms with E-state index in [1.807, 2.05) is 37.3 Å². The molecule has 1 aromatic carbocycles. The summed E-state index contributed by atoms with van der Waals surface area (Å²) in [7, 11) is 0. The quantitative estimate of drug-likeness (QED) is 0.455. The van der Waals surface area contributed by atoms with Gasteiger partial charge in [0.1, 0.15) is 11.6 Å². The third-order valence-electron chi connectivity index (χ3n) is 2.07. The van der Waals surface area contributed by atoms with Crippen LogP contribution in [0.2, 0.25) is 0 Å². The molecule has 1 aromatic rings. The number of rotatable bonds is 3. The predicted octanol–water partition coefficient (Wildman–Crippen LogP) is 2.85. The minimum absolute atomic E-state index is 0.0163. The molecule has 0 spiro atoms. The molecule has 0 fully saturated rings. The Morgan fingerprint density at radius 3 is 2.41 bits per heavy atom. The molecule has 0 amide bonds. The van der Waals surface area contributed by atoms with Gasteiger partial charge in [0.2, 0.25) is 0 Å². The van der Waals surface area contributed by atoms with Crippen LogP contribution in [0, 0.1) is 18.3 Å². The second kappa shape index (κ2) is 5.86. The maximum absolute atomic E-state index is 11.5. The van der Waals surface area contributed by atoms with E-state index in [9.17, 15) is 4.79 Å². The van der Waals surface area contributed by atoms with Crippen molar-refractivity contribution in [3.05, 3.63) is 41.0 Å². The molecule has 0 aliphatic carbocycles. The van der Waals surface area contributed by atoms with Gasteiger partial charge >= 0.3 is 5.97 Å². The van der Waals surface area contributed by atoms with Crippen molar-refractivity contribution in [1.29, 1.82) is 5.26 Å². The van der Waals surface area contributed by atoms with Crippen LogP contribution in [0.5, 0.6) is 0 Å². The summed E-state index contributed by atoms with van der Waals surface area (Å²) in [6.07, 6.45) is 1.31. The maximum Gasteiger partial charge on any atom is 0.349 e. The first-order chi connectivity index (χ1) is 8.02. The van der Waals surface area contributed by atoms with Crippen LogP contribution in [-0.4, -0.2) is 12.1 Å². The van der Waals surface area contributed by atoms with E-state index in [2.05, 4.69) is 0 Å². The lowest BCUT2D eigenvalue weighted by atomic mass is 10.1. The van der Waals surface area contributed by atoms with Crippen LogP contribution in [0.4, 0.5) is 0 Å². The zero-order valence-corrected chi connectivity index (χ0v) is 10.2. The van der Waals surface area contributed by atoms with Crippen LogP contribution in [0.15, 0.2) is 29.8 Å². The molecule has 0 aliphatic rings. The van der Waals surface area contributed by atoms with Gasteiger partial charge in [0.15, 0.2) is 0 Å². The zero-order chi connectivity index (χ0) is 12.8. The molecule has 0 saturated carbocycles. The summed E-state index contributed by atoms with van der Waals surface area (Å²) < 4.78 is 4.97. The molecule has 3 heteroatoms. The standard InChI is InChI=1S/C14H15NO2/c1-10(2)17-14(16)13(9-15)8-12-6-4-11(3)5-7-12/h4-8,10H,1-3H3. The molecular formula is C14H15NO2. The smallest absolute Gasteiger partial charge is 0.349 e. The molecule has 0 atom stereocenters. The second-order valence-corrected chi connectivity index (χ2v) is 4.03. The SMILES string of the molecule is Cc1ccc(C=C(C#N)C(=O)OC(C)C)cc1. The zero-order valence-electron chi connectivity index (χ0n) is 10.2. The van der Waals surface area contributed by atoms with Crippen LogP contribution in [0.3, 0.4) is 0 Å². The molecule has 3 nitrogen and oxygen atoms in total. The number of carbonyl (C=O) groups is 1. The molecule has 0 bridgehead atoms. The molecule has 0 saturated heterocycles. The van der Waals surface area contributed by atoms with Gasteiger partial charge in [-0.05, 0) is 32.4 Å². The summed E-state index contributed by atoms with van der Waals surface area (Å²) in [5.74, 6) is -0.580. The largest absolute Gasteiger partial charge is 0.459 e. The molecule has 0 aliphatic heterocycles. The van der Waals surface area contributed by atoms with E-state index in [1.165, 1.54) is 6.08 Å². The highest BCUT2D eigenvalue weighted by atomic mass is 16.5. The fraction of sp³-hybridized carbons (Fsp3) is 0.286. The Hall–Kier alpha value is -2.08. The predicted molar refractivity (Wildman–Crippen MR) is 66.0 cm³/mol. The van der Waals surface area contributed by atoms with E-state index in [0.29, 0.717) is 0 Å². The highest BCUT2D eigenvalue weighted by Gasteiger charge is 2.11. The van der Waals surface area contributed by atoms with Gasteiger partial charge in [-0.25, -0.2) is 4.79 Å². The van der Waals surface area contributed by atoms with Gasteiger partial charge < -0.3 is 4.74 Å². The van der Waals surface area contributed by atoms with Crippen molar-refractivity contribution in [2.45, 2.75) is 26.9 Å². The summed E-state index contributed by atoms with van der Waals surface area (Å²) in [4.78, 5) is 11.5. The Morgan fingerprint density at radius 1 is 1.35 bits per heavy atom. The molecule has 0 heterocycles. The Morgan fingerprint density at radius 2 is 1.94 bits per heavy atom. The number of esters is 1. The number of nitrogens with zero attached hydrogens (tertiary/aromatic N) is 1. The fourth-order valence-electron chi connectivity index (χ4n) is 1.24. The summed E-state index contributed by atoms with van der Waals surface area (Å²) in [5.41, 5.74) is 1.96. The average Bonchev–Trinajstić information content (AvgIpc) is 2.27. The summed E-state index contributed by atoms with van der Waals surface area (Å²) in [6.45, 7) is 5.48. The van der Waals surface area contributed by atoms with Gasteiger partial charge in [0, 0.05) is 0 Å². The number of ether oxygens (including phenoxy) is 1. The van der Waals surface area contributed by atoms with Gasteiger partial charge in [0.25, 0.3) is 0 Å². The van der Waals surface area contributed by atoms with E-state index in [0.717, 1.165) is 11.1 Å². The van der Waals surface area contributed by atoms with Gasteiger partial charge in [0.05, 0.1) is 6.10 Å². The molecule has 0 radical (unpaired) electrons. The Labute approximate surface area is 101 Å². The lowest BCUT2D eigenvalue weighted by Gasteiger charge is -2.06. The second-order valence-electron chi connectivity index (χ2n) is 4.03. The lowest BCUT2D eigenvalue weighted by Crippen LogP contribution is -2.12. The Balaban J connectivity index is 2.91. The van der Waals surface area contributed by atoms with E-state index in [4.69, 9.17) is 10.00 Å². The first kappa shape index (κ1) is 13.0. The Kier molecular flexibility index (Phi) is 4.47.